The number of rotatable bonds is 14. The number of aromatic nitrogens is 3. The smallest absolute Gasteiger partial charge is 0.262 e. The van der Waals surface area contributed by atoms with Crippen molar-refractivity contribution in [1.82, 2.24) is 34.6 Å². The number of methoxy groups -OCH3 is 1. The SMILES string of the molecule is C=CC(=O)Nc1cc(Nc2nccc(-c3cn(C)c4ccccc34)n2)c(OC)cc1N(C)CCN1CCC(CN2C3CC2CN(c2ccc4c(c2)C(=O)N(C2CCC(=O)NC2=O)C4=O)C3)CC1. The third-order valence-corrected chi connectivity index (χ3v) is 14.3. The number of hydrogen-bond donors (Lipinski definition) is 3. The van der Waals surface area contributed by atoms with Gasteiger partial charge in [0.05, 0.1) is 41.0 Å². The van der Waals surface area contributed by atoms with Gasteiger partial charge in [-0.2, -0.15) is 0 Å². The van der Waals surface area contributed by atoms with E-state index in [0.717, 1.165) is 104 Å². The lowest BCUT2D eigenvalue weighted by molar-refractivity contribution is -0.136. The van der Waals surface area contributed by atoms with E-state index in [4.69, 9.17) is 9.72 Å². The Morgan fingerprint density at radius 3 is 2.49 bits per heavy atom. The fourth-order valence-electron chi connectivity index (χ4n) is 10.6. The van der Waals surface area contributed by atoms with Gasteiger partial charge in [-0.3, -0.25) is 39.1 Å². The number of aryl methyl sites for hydroxylation is 1. The van der Waals surface area contributed by atoms with Crippen LogP contribution in [0.2, 0.25) is 0 Å². The number of imide groups is 2. The number of hydrogen-bond acceptors (Lipinski definition) is 13. The van der Waals surface area contributed by atoms with Crippen LogP contribution in [0.4, 0.5) is 28.7 Å². The van der Waals surface area contributed by atoms with E-state index in [1.54, 1.807) is 25.4 Å². The fourth-order valence-corrected chi connectivity index (χ4v) is 10.6. The summed E-state index contributed by atoms with van der Waals surface area (Å²) in [5.74, 6) is -0.700. The number of nitrogens with one attached hydrogen (secondary N) is 3. The second-order valence-corrected chi connectivity index (χ2v) is 18.4. The van der Waals surface area contributed by atoms with Gasteiger partial charge < -0.3 is 34.6 Å². The van der Waals surface area contributed by atoms with E-state index in [9.17, 15) is 24.0 Å². The number of piperazine rings is 1. The molecule has 5 saturated heterocycles. The largest absolute Gasteiger partial charge is 0.494 e. The van der Waals surface area contributed by atoms with Crippen LogP contribution in [-0.2, 0) is 21.4 Å². The van der Waals surface area contributed by atoms with Gasteiger partial charge in [-0.1, -0.05) is 24.8 Å². The molecule has 5 fully saturated rings. The molecule has 2 bridgehead atoms. The van der Waals surface area contributed by atoms with Crippen molar-refractivity contribution in [2.75, 3.05) is 80.4 Å². The number of nitrogens with zero attached hydrogens (tertiary/aromatic N) is 8. The molecule has 11 rings (SSSR count). The molecule has 3 aromatic carbocycles. The van der Waals surface area contributed by atoms with Gasteiger partial charge >= 0.3 is 0 Å². The number of benzene rings is 3. The fraction of sp³-hybridized carbons (Fsp3) is 0.380. The van der Waals surface area contributed by atoms with Crippen LogP contribution in [0.3, 0.4) is 0 Å². The topological polar surface area (TPSA) is 178 Å². The number of amides is 5. The van der Waals surface area contributed by atoms with Crippen LogP contribution >= 0.6 is 0 Å². The van der Waals surface area contributed by atoms with E-state index in [1.807, 2.05) is 50.5 Å². The minimum Gasteiger partial charge on any atom is -0.494 e. The molecule has 5 amide bonds. The van der Waals surface area contributed by atoms with Gasteiger partial charge in [0.1, 0.15) is 11.8 Å². The summed E-state index contributed by atoms with van der Waals surface area (Å²) in [6.45, 7) is 10.1. The Morgan fingerprint density at radius 2 is 1.73 bits per heavy atom. The number of likely N-dealkylation sites (N-methyl/N-ethyl adjacent to an activating group) is 1. The van der Waals surface area contributed by atoms with Crippen LogP contribution in [0.1, 0.15) is 52.8 Å². The molecular weight excluding hydrogens is 851 g/mol. The van der Waals surface area contributed by atoms with Crippen LogP contribution in [0.15, 0.2) is 85.7 Å². The van der Waals surface area contributed by atoms with E-state index in [1.165, 1.54) is 6.08 Å². The van der Waals surface area contributed by atoms with Crippen LogP contribution < -0.4 is 30.5 Å². The van der Waals surface area contributed by atoms with Crippen molar-refractivity contribution < 1.29 is 28.7 Å². The maximum absolute atomic E-state index is 13.5. The predicted molar refractivity (Wildman–Crippen MR) is 256 cm³/mol. The summed E-state index contributed by atoms with van der Waals surface area (Å²) < 4.78 is 7.97. The van der Waals surface area contributed by atoms with Crippen LogP contribution in [-0.4, -0.2) is 137 Å². The van der Waals surface area contributed by atoms with Crippen molar-refractivity contribution >= 4 is 69.1 Å². The first kappa shape index (κ1) is 43.8. The van der Waals surface area contributed by atoms with Gasteiger partial charge in [0, 0.05) is 106 Å². The summed E-state index contributed by atoms with van der Waals surface area (Å²) in [6.07, 6.45) is 8.67. The van der Waals surface area contributed by atoms with Crippen LogP contribution in [0.5, 0.6) is 5.75 Å². The Kier molecular flexibility index (Phi) is 11.7. The molecule has 0 radical (unpaired) electrons. The number of anilines is 5. The van der Waals surface area contributed by atoms with Crippen molar-refractivity contribution in [2.24, 2.45) is 13.0 Å². The predicted octanol–water partition coefficient (Wildman–Crippen LogP) is 5.02. The molecule has 3 N–H and O–H groups in total. The highest BCUT2D eigenvalue weighted by molar-refractivity contribution is 6.23. The van der Waals surface area contributed by atoms with Gasteiger partial charge in [-0.25, -0.2) is 9.97 Å². The molecule has 3 atom stereocenters. The van der Waals surface area contributed by atoms with Gasteiger partial charge in [-0.15, -0.1) is 0 Å². The lowest BCUT2D eigenvalue weighted by Crippen LogP contribution is -2.69. The summed E-state index contributed by atoms with van der Waals surface area (Å²) in [4.78, 5) is 83.7. The normalized spacial score (nSPS) is 21.0. The molecule has 0 spiro atoms. The summed E-state index contributed by atoms with van der Waals surface area (Å²) >= 11 is 0. The van der Waals surface area contributed by atoms with Gasteiger partial charge in [0.15, 0.2) is 0 Å². The Labute approximate surface area is 388 Å². The second kappa shape index (κ2) is 17.9. The average molecular weight is 906 g/mol. The zero-order chi connectivity index (χ0) is 46.5. The van der Waals surface area contributed by atoms with Crippen molar-refractivity contribution in [3.05, 3.63) is 96.8 Å². The van der Waals surface area contributed by atoms with Gasteiger partial charge in [0.25, 0.3) is 11.8 Å². The third kappa shape index (κ3) is 8.37. The highest BCUT2D eigenvalue weighted by Crippen LogP contribution is 2.40. The van der Waals surface area contributed by atoms with Gasteiger partial charge in [0.2, 0.25) is 23.7 Å². The lowest BCUT2D eigenvalue weighted by atomic mass is 9.84. The van der Waals surface area contributed by atoms with Crippen LogP contribution in [0, 0.1) is 5.92 Å². The summed E-state index contributed by atoms with van der Waals surface area (Å²) in [6, 6.07) is 19.2. The molecule has 8 heterocycles. The maximum Gasteiger partial charge on any atom is 0.262 e. The zero-order valence-electron chi connectivity index (χ0n) is 38.0. The Bertz CT molecular complexity index is 2810. The minimum absolute atomic E-state index is 0.0908. The van der Waals surface area contributed by atoms with E-state index in [-0.39, 0.29) is 18.7 Å². The average Bonchev–Trinajstić information content (AvgIpc) is 3.81. The minimum atomic E-state index is -0.977. The highest BCUT2D eigenvalue weighted by atomic mass is 16.5. The van der Waals surface area contributed by atoms with Crippen molar-refractivity contribution in [3.8, 4) is 17.0 Å². The molecule has 0 aliphatic carbocycles. The summed E-state index contributed by atoms with van der Waals surface area (Å²) in [5, 5.41) is 9.70. The monoisotopic (exact) mass is 905 g/mol. The van der Waals surface area contributed by atoms with Gasteiger partial charge in [-0.05, 0) is 87.2 Å². The maximum atomic E-state index is 13.5. The Hall–Kier alpha value is -7.11. The molecule has 17 nitrogen and oxygen atoms in total. The van der Waals surface area contributed by atoms with E-state index in [2.05, 4.69) is 70.0 Å². The summed E-state index contributed by atoms with van der Waals surface area (Å²) in [7, 11) is 5.67. The molecule has 3 unspecified atom stereocenters. The molecule has 17 heteroatoms. The number of para-hydroxylation sites is 1. The third-order valence-electron chi connectivity index (χ3n) is 14.3. The number of ether oxygens (including phenoxy) is 1. The first-order chi connectivity index (χ1) is 32.5. The standard InChI is InChI=1S/C50H55N11O6/c1-5-45(62)52-39-24-40(54-50-51-17-14-38(53-50)37-29-57(3)41-9-7-6-8-34(37)41)44(67-4)25-43(39)56(2)20-21-58-18-15-30(16-19-58)26-60-32-22-33(60)28-59(27-32)31-10-11-35-36(23-31)49(66)61(48(35)65)42-12-13-46(63)55-47(42)64/h5-11,14,17,23-25,29-30,32-33,42H,1,12-13,15-16,18-22,26-28H2,2-4H3,(H,52,62)(H,51,53,54)(H,55,63,64). The molecule has 0 saturated carbocycles. The second-order valence-electron chi connectivity index (χ2n) is 18.4. The number of carbonyl (C=O) groups excluding carboxylic acids is 5. The Balaban J connectivity index is 0.733. The summed E-state index contributed by atoms with van der Waals surface area (Å²) in [5.41, 5.74) is 6.44. The number of likely N-dealkylation sites (tertiary alicyclic amines) is 1. The lowest BCUT2D eigenvalue weighted by Gasteiger charge is -2.58. The molecule has 2 aromatic heterocycles. The van der Waals surface area contributed by atoms with Crippen molar-refractivity contribution in [2.45, 2.75) is 50.2 Å². The van der Waals surface area contributed by atoms with Crippen LogP contribution in [0.25, 0.3) is 22.2 Å². The zero-order valence-corrected chi connectivity index (χ0v) is 38.0. The highest BCUT2D eigenvalue weighted by Gasteiger charge is 2.47. The number of piperidine rings is 3. The quantitative estimate of drug-likeness (QED) is 0.100. The first-order valence-electron chi connectivity index (χ1n) is 23.1. The molecular formula is C50H55N11O6. The molecule has 6 aliphatic heterocycles. The molecule has 67 heavy (non-hydrogen) atoms. The number of fused-ring (bicyclic) bond motifs is 4. The van der Waals surface area contributed by atoms with Crippen molar-refractivity contribution in [3.63, 3.8) is 0 Å². The van der Waals surface area contributed by atoms with E-state index >= 15 is 0 Å². The first-order valence-corrected chi connectivity index (χ1v) is 23.1. The Morgan fingerprint density at radius 1 is 0.955 bits per heavy atom. The van der Waals surface area contributed by atoms with E-state index < -0.39 is 29.7 Å². The molecule has 346 valence electrons. The number of carbonyl (C=O) groups is 5. The van der Waals surface area contributed by atoms with Crippen molar-refractivity contribution in [1.29, 1.82) is 0 Å². The molecule has 5 aromatic rings. The van der Waals surface area contributed by atoms with E-state index in [0.29, 0.717) is 52.2 Å². The molecule has 6 aliphatic rings.